The smallest absolute Gasteiger partial charge is 0.271 e. The van der Waals surface area contributed by atoms with Crippen LogP contribution in [0, 0.1) is 17.3 Å². The maximum atomic E-state index is 13.2. The van der Waals surface area contributed by atoms with Gasteiger partial charge in [0.05, 0.1) is 18.7 Å². The second kappa shape index (κ2) is 7.45. The van der Waals surface area contributed by atoms with Crippen molar-refractivity contribution in [2.45, 2.75) is 32.1 Å². The molecule has 2 aliphatic carbocycles. The van der Waals surface area contributed by atoms with Crippen LogP contribution in [0.4, 0.5) is 0 Å². The molecule has 2 N–H and O–H groups in total. The van der Waals surface area contributed by atoms with Gasteiger partial charge in [-0.05, 0) is 49.8 Å². The summed E-state index contributed by atoms with van der Waals surface area (Å²) in [4.78, 5) is 27.9. The maximum Gasteiger partial charge on any atom is 0.271 e. The SMILES string of the molecule is COc1cccc(-c2cc(C(=O)N3CC(C(=O)NCC4CC4)C4(CCC4)C3)[nH]n2)c1. The van der Waals surface area contributed by atoms with Gasteiger partial charge in [0.25, 0.3) is 5.91 Å². The van der Waals surface area contributed by atoms with Crippen LogP contribution in [0.3, 0.4) is 0 Å². The van der Waals surface area contributed by atoms with Gasteiger partial charge in [-0.25, -0.2) is 0 Å². The topological polar surface area (TPSA) is 87.3 Å². The molecule has 7 nitrogen and oxygen atoms in total. The summed E-state index contributed by atoms with van der Waals surface area (Å²) in [5, 5.41) is 10.4. The summed E-state index contributed by atoms with van der Waals surface area (Å²) in [6.07, 6.45) is 5.62. The molecule has 2 amide bonds. The van der Waals surface area contributed by atoms with Crippen molar-refractivity contribution in [1.82, 2.24) is 20.4 Å². The third-order valence-electron chi connectivity index (χ3n) is 7.04. The molecule has 1 aliphatic heterocycles. The summed E-state index contributed by atoms with van der Waals surface area (Å²) in [6.45, 7) is 1.92. The van der Waals surface area contributed by atoms with Crippen LogP contribution in [0.15, 0.2) is 30.3 Å². The Kier molecular flexibility index (Phi) is 4.76. The number of H-pyrrole nitrogens is 1. The summed E-state index contributed by atoms with van der Waals surface area (Å²) in [5.74, 6) is 1.34. The molecule has 7 heteroatoms. The van der Waals surface area contributed by atoms with Gasteiger partial charge in [0.1, 0.15) is 11.4 Å². The summed E-state index contributed by atoms with van der Waals surface area (Å²) in [7, 11) is 1.62. The number of amides is 2. The molecule has 3 aliphatic rings. The molecule has 0 radical (unpaired) electrons. The molecule has 2 saturated carbocycles. The number of nitrogens with zero attached hydrogens (tertiary/aromatic N) is 2. The number of aromatic nitrogens is 2. The van der Waals surface area contributed by atoms with Gasteiger partial charge in [-0.2, -0.15) is 5.10 Å². The predicted molar refractivity (Wildman–Crippen MR) is 112 cm³/mol. The van der Waals surface area contributed by atoms with Crippen molar-refractivity contribution in [3.8, 4) is 17.0 Å². The largest absolute Gasteiger partial charge is 0.497 e. The molecule has 1 spiro atoms. The number of aromatic amines is 1. The molecule has 2 aromatic rings. The van der Waals surface area contributed by atoms with Crippen molar-refractivity contribution in [2.24, 2.45) is 17.3 Å². The second-order valence-corrected chi connectivity index (χ2v) is 9.04. The van der Waals surface area contributed by atoms with E-state index >= 15 is 0 Å². The van der Waals surface area contributed by atoms with Crippen molar-refractivity contribution in [3.05, 3.63) is 36.0 Å². The highest BCUT2D eigenvalue weighted by molar-refractivity contribution is 5.94. The lowest BCUT2D eigenvalue weighted by molar-refractivity contribution is -0.129. The van der Waals surface area contributed by atoms with E-state index < -0.39 is 0 Å². The minimum Gasteiger partial charge on any atom is -0.497 e. The minimum atomic E-state index is -0.102. The van der Waals surface area contributed by atoms with Crippen molar-refractivity contribution >= 4 is 11.8 Å². The first-order valence-electron chi connectivity index (χ1n) is 10.8. The molecule has 1 atom stereocenters. The lowest BCUT2D eigenvalue weighted by atomic mass is 9.62. The van der Waals surface area contributed by atoms with Gasteiger partial charge in [-0.1, -0.05) is 18.6 Å². The molecular formula is C23H28N4O3. The Morgan fingerprint density at radius 2 is 2.13 bits per heavy atom. The molecule has 30 heavy (non-hydrogen) atoms. The van der Waals surface area contributed by atoms with Crippen molar-refractivity contribution < 1.29 is 14.3 Å². The van der Waals surface area contributed by atoms with Crippen LogP contribution in [0.5, 0.6) is 5.75 Å². The number of hydrogen-bond acceptors (Lipinski definition) is 4. The lowest BCUT2D eigenvalue weighted by Gasteiger charge is -2.41. The zero-order chi connectivity index (χ0) is 20.7. The van der Waals surface area contributed by atoms with Gasteiger partial charge in [0.2, 0.25) is 5.91 Å². The second-order valence-electron chi connectivity index (χ2n) is 9.04. The summed E-state index contributed by atoms with van der Waals surface area (Å²) >= 11 is 0. The van der Waals surface area contributed by atoms with E-state index in [1.807, 2.05) is 29.2 Å². The van der Waals surface area contributed by atoms with Gasteiger partial charge in [0, 0.05) is 30.6 Å². The average Bonchev–Trinajstić information content (AvgIpc) is 3.27. The Morgan fingerprint density at radius 1 is 1.30 bits per heavy atom. The van der Waals surface area contributed by atoms with E-state index in [1.54, 1.807) is 13.2 Å². The molecule has 1 unspecified atom stereocenters. The fourth-order valence-corrected chi connectivity index (χ4v) is 4.84. The first-order valence-corrected chi connectivity index (χ1v) is 10.8. The van der Waals surface area contributed by atoms with E-state index in [0.29, 0.717) is 30.4 Å². The predicted octanol–water partition coefficient (Wildman–Crippen LogP) is 2.85. The third kappa shape index (κ3) is 3.46. The molecule has 158 valence electrons. The zero-order valence-corrected chi connectivity index (χ0v) is 17.3. The summed E-state index contributed by atoms with van der Waals surface area (Å²) < 4.78 is 5.28. The highest BCUT2D eigenvalue weighted by Crippen LogP contribution is 2.52. The number of benzene rings is 1. The zero-order valence-electron chi connectivity index (χ0n) is 17.3. The fourth-order valence-electron chi connectivity index (χ4n) is 4.84. The lowest BCUT2D eigenvalue weighted by Crippen LogP contribution is -2.45. The standard InChI is InChI=1S/C23H28N4O3/c1-30-17-5-2-4-16(10-17)19-11-20(26-25-19)22(29)27-13-18(23(14-27)8-3-9-23)21(28)24-12-15-6-7-15/h2,4-5,10-11,15,18H,3,6-9,12-14H2,1H3,(H,24,28)(H,25,26). The van der Waals surface area contributed by atoms with Gasteiger partial charge >= 0.3 is 0 Å². The van der Waals surface area contributed by atoms with E-state index in [1.165, 1.54) is 12.8 Å². The maximum absolute atomic E-state index is 13.2. The highest BCUT2D eigenvalue weighted by atomic mass is 16.5. The van der Waals surface area contributed by atoms with Crippen molar-refractivity contribution in [2.75, 3.05) is 26.7 Å². The molecule has 0 bridgehead atoms. The van der Waals surface area contributed by atoms with E-state index in [0.717, 1.165) is 37.1 Å². The monoisotopic (exact) mass is 408 g/mol. The first kappa shape index (κ1) is 19.2. The highest BCUT2D eigenvalue weighted by Gasteiger charge is 2.54. The van der Waals surface area contributed by atoms with E-state index in [4.69, 9.17) is 4.74 Å². The molecular weight excluding hydrogens is 380 g/mol. The molecule has 3 fully saturated rings. The van der Waals surface area contributed by atoms with Crippen LogP contribution >= 0.6 is 0 Å². The van der Waals surface area contributed by atoms with Crippen LogP contribution in [0.2, 0.25) is 0 Å². The van der Waals surface area contributed by atoms with E-state index in [2.05, 4.69) is 15.5 Å². The molecule has 1 aromatic heterocycles. The van der Waals surface area contributed by atoms with Gasteiger partial charge in [0.15, 0.2) is 0 Å². The quantitative estimate of drug-likeness (QED) is 0.769. The van der Waals surface area contributed by atoms with Crippen LogP contribution in [0.1, 0.15) is 42.6 Å². The molecule has 1 saturated heterocycles. The Bertz CT molecular complexity index is 961. The third-order valence-corrected chi connectivity index (χ3v) is 7.04. The normalized spacial score (nSPS) is 22.0. The number of carbonyl (C=O) groups excluding carboxylic acids is 2. The summed E-state index contributed by atoms with van der Waals surface area (Å²) in [6, 6.07) is 9.39. The van der Waals surface area contributed by atoms with E-state index in [-0.39, 0.29) is 23.1 Å². The van der Waals surface area contributed by atoms with Gasteiger partial charge in [-0.15, -0.1) is 0 Å². The number of ether oxygens (including phenoxy) is 1. The van der Waals surface area contributed by atoms with Crippen molar-refractivity contribution in [1.29, 1.82) is 0 Å². The van der Waals surface area contributed by atoms with Crippen LogP contribution in [-0.2, 0) is 4.79 Å². The van der Waals surface area contributed by atoms with Gasteiger partial charge < -0.3 is 15.0 Å². The van der Waals surface area contributed by atoms with Gasteiger partial charge in [-0.3, -0.25) is 14.7 Å². The number of rotatable bonds is 6. The van der Waals surface area contributed by atoms with Crippen LogP contribution in [0.25, 0.3) is 11.3 Å². The number of nitrogens with one attached hydrogen (secondary N) is 2. The van der Waals surface area contributed by atoms with Crippen LogP contribution < -0.4 is 10.1 Å². The number of carbonyl (C=O) groups is 2. The Hall–Kier alpha value is -2.83. The molecule has 2 heterocycles. The van der Waals surface area contributed by atoms with E-state index in [9.17, 15) is 9.59 Å². The van der Waals surface area contributed by atoms with Crippen molar-refractivity contribution in [3.63, 3.8) is 0 Å². The number of hydrogen-bond donors (Lipinski definition) is 2. The fraction of sp³-hybridized carbons (Fsp3) is 0.522. The number of likely N-dealkylation sites (tertiary alicyclic amines) is 1. The Labute approximate surface area is 176 Å². The first-order chi connectivity index (χ1) is 14.6. The molecule has 5 rings (SSSR count). The minimum absolute atomic E-state index is 0.0427. The molecule has 1 aromatic carbocycles. The number of methoxy groups -OCH3 is 1. The average molecular weight is 409 g/mol. The Balaban J connectivity index is 1.30. The summed E-state index contributed by atoms with van der Waals surface area (Å²) in [5.41, 5.74) is 2.01. The van der Waals surface area contributed by atoms with Crippen LogP contribution in [-0.4, -0.2) is 53.7 Å². The Morgan fingerprint density at radius 3 is 2.83 bits per heavy atom.